The molecule has 1 saturated heterocycles. The molecule has 0 atom stereocenters. The molecule has 0 spiro atoms. The summed E-state index contributed by atoms with van der Waals surface area (Å²) in [6, 6.07) is 0. The molecule has 0 aromatic carbocycles. The molecule has 78 valence electrons. The number of likely N-dealkylation sites (tertiary alicyclic amines) is 1. The van der Waals surface area contributed by atoms with Gasteiger partial charge in [-0.2, -0.15) is 0 Å². The molecule has 1 heterocycles. The molecular weight excluding hydrogens is 178 g/mol. The van der Waals surface area contributed by atoms with E-state index in [1.54, 1.807) is 0 Å². The van der Waals surface area contributed by atoms with Crippen LogP contribution in [0.5, 0.6) is 0 Å². The van der Waals surface area contributed by atoms with Gasteiger partial charge in [0.05, 0.1) is 6.54 Å². The van der Waals surface area contributed by atoms with E-state index in [0.717, 1.165) is 38.9 Å². The number of carbonyl (C=O) groups is 1. The number of rotatable bonds is 4. The zero-order valence-corrected chi connectivity index (χ0v) is 8.41. The number of carboxylic acid groups (broad SMARTS) is 1. The Morgan fingerprint density at radius 3 is 2.64 bits per heavy atom. The van der Waals surface area contributed by atoms with Crippen LogP contribution in [0.3, 0.4) is 0 Å². The second-order valence-electron chi connectivity index (χ2n) is 3.86. The van der Waals surface area contributed by atoms with Gasteiger partial charge in [0.15, 0.2) is 0 Å². The molecule has 0 saturated carbocycles. The Morgan fingerprint density at radius 1 is 1.50 bits per heavy atom. The van der Waals surface area contributed by atoms with E-state index >= 15 is 0 Å². The minimum Gasteiger partial charge on any atom is -0.481 e. The Bertz CT molecular complexity index is 224. The molecular formula is C11H17NO2. The topological polar surface area (TPSA) is 40.5 Å². The summed E-state index contributed by atoms with van der Waals surface area (Å²) in [7, 11) is 0. The maximum Gasteiger partial charge on any atom is 0.303 e. The third-order valence-corrected chi connectivity index (χ3v) is 2.79. The molecule has 3 heteroatoms. The third kappa shape index (κ3) is 3.80. The number of hydrogen-bond donors (Lipinski definition) is 1. The first-order valence-corrected chi connectivity index (χ1v) is 5.10. The minimum absolute atomic E-state index is 0.305. The highest BCUT2D eigenvalue weighted by atomic mass is 16.4. The van der Waals surface area contributed by atoms with Gasteiger partial charge >= 0.3 is 5.97 Å². The van der Waals surface area contributed by atoms with Crippen LogP contribution in [0.25, 0.3) is 0 Å². The predicted octanol–water partition coefficient (Wildman–Crippen LogP) is 1.20. The first kappa shape index (κ1) is 11.1. The Balaban J connectivity index is 2.16. The molecule has 0 bridgehead atoms. The van der Waals surface area contributed by atoms with Gasteiger partial charge in [0.2, 0.25) is 0 Å². The molecule has 0 aromatic heterocycles. The van der Waals surface area contributed by atoms with Crippen molar-refractivity contribution in [3.63, 3.8) is 0 Å². The summed E-state index contributed by atoms with van der Waals surface area (Å²) >= 11 is 0. The summed E-state index contributed by atoms with van der Waals surface area (Å²) in [6.07, 6.45) is 8.53. The zero-order chi connectivity index (χ0) is 10.4. The van der Waals surface area contributed by atoms with E-state index in [0.29, 0.717) is 12.3 Å². The monoisotopic (exact) mass is 195 g/mol. The van der Waals surface area contributed by atoms with Gasteiger partial charge < -0.3 is 5.11 Å². The summed E-state index contributed by atoms with van der Waals surface area (Å²) in [6.45, 7) is 2.77. The second-order valence-corrected chi connectivity index (χ2v) is 3.86. The second kappa shape index (κ2) is 5.66. The van der Waals surface area contributed by atoms with E-state index in [2.05, 4.69) is 10.8 Å². The maximum atomic E-state index is 10.4. The molecule has 1 fully saturated rings. The van der Waals surface area contributed by atoms with Gasteiger partial charge in [0.25, 0.3) is 0 Å². The van der Waals surface area contributed by atoms with E-state index in [4.69, 9.17) is 11.5 Å². The number of carboxylic acids is 1. The van der Waals surface area contributed by atoms with Gasteiger partial charge in [-0.1, -0.05) is 5.92 Å². The van der Waals surface area contributed by atoms with Crippen LogP contribution in [0.4, 0.5) is 0 Å². The van der Waals surface area contributed by atoms with E-state index in [1.807, 2.05) is 0 Å². The van der Waals surface area contributed by atoms with Crippen LogP contribution < -0.4 is 0 Å². The Labute approximate surface area is 85.1 Å². The van der Waals surface area contributed by atoms with Gasteiger partial charge in [-0.15, -0.1) is 6.42 Å². The van der Waals surface area contributed by atoms with Crippen molar-refractivity contribution in [2.75, 3.05) is 19.6 Å². The van der Waals surface area contributed by atoms with Crippen molar-refractivity contribution in [1.82, 2.24) is 4.90 Å². The van der Waals surface area contributed by atoms with Gasteiger partial charge in [0, 0.05) is 6.42 Å². The molecule has 1 aliphatic heterocycles. The van der Waals surface area contributed by atoms with Crippen molar-refractivity contribution in [3.05, 3.63) is 0 Å². The summed E-state index contributed by atoms with van der Waals surface area (Å²) in [5, 5.41) is 8.54. The Hall–Kier alpha value is -1.01. The Kier molecular flexibility index (Phi) is 4.48. The highest BCUT2D eigenvalue weighted by Gasteiger charge is 2.18. The lowest BCUT2D eigenvalue weighted by molar-refractivity contribution is -0.137. The molecule has 3 nitrogen and oxygen atoms in total. The molecule has 0 unspecified atom stereocenters. The highest BCUT2D eigenvalue weighted by Crippen LogP contribution is 2.21. The lowest BCUT2D eigenvalue weighted by Gasteiger charge is -2.30. The highest BCUT2D eigenvalue weighted by molar-refractivity contribution is 5.66. The molecule has 1 N–H and O–H groups in total. The van der Waals surface area contributed by atoms with E-state index in [-0.39, 0.29) is 0 Å². The molecule has 0 aliphatic carbocycles. The number of aliphatic carboxylic acids is 1. The normalized spacial score (nSPS) is 19.1. The summed E-state index contributed by atoms with van der Waals surface area (Å²) in [4.78, 5) is 12.6. The Morgan fingerprint density at radius 2 is 2.14 bits per heavy atom. The molecule has 1 aliphatic rings. The fourth-order valence-electron chi connectivity index (χ4n) is 1.89. The molecule has 0 aromatic rings. The number of hydrogen-bond acceptors (Lipinski definition) is 2. The van der Waals surface area contributed by atoms with Crippen LogP contribution in [-0.2, 0) is 4.79 Å². The lowest BCUT2D eigenvalue weighted by atomic mass is 9.92. The zero-order valence-electron chi connectivity index (χ0n) is 8.41. The molecule has 1 rings (SSSR count). The average Bonchev–Trinajstić information content (AvgIpc) is 2.17. The van der Waals surface area contributed by atoms with Crippen molar-refractivity contribution in [2.45, 2.75) is 25.7 Å². The summed E-state index contributed by atoms with van der Waals surface area (Å²) in [5.74, 6) is 2.53. The van der Waals surface area contributed by atoms with Crippen molar-refractivity contribution in [2.24, 2.45) is 5.92 Å². The van der Waals surface area contributed by atoms with Crippen LogP contribution in [0.15, 0.2) is 0 Å². The SMILES string of the molecule is C#CCN1CCC(CCC(=O)O)CC1. The van der Waals surface area contributed by atoms with Crippen LogP contribution in [-0.4, -0.2) is 35.6 Å². The van der Waals surface area contributed by atoms with Crippen molar-refractivity contribution < 1.29 is 9.90 Å². The maximum absolute atomic E-state index is 10.4. The first-order chi connectivity index (χ1) is 6.72. The number of terminal acetylenes is 1. The van der Waals surface area contributed by atoms with Crippen LogP contribution in [0, 0.1) is 18.3 Å². The first-order valence-electron chi connectivity index (χ1n) is 5.10. The van der Waals surface area contributed by atoms with Gasteiger partial charge in [0.1, 0.15) is 0 Å². The van der Waals surface area contributed by atoms with Gasteiger partial charge in [-0.25, -0.2) is 0 Å². The molecule has 14 heavy (non-hydrogen) atoms. The fraction of sp³-hybridized carbons (Fsp3) is 0.727. The van der Waals surface area contributed by atoms with Crippen molar-refractivity contribution in [1.29, 1.82) is 0 Å². The number of piperidine rings is 1. The van der Waals surface area contributed by atoms with Crippen LogP contribution in [0.1, 0.15) is 25.7 Å². The number of nitrogens with zero attached hydrogens (tertiary/aromatic N) is 1. The van der Waals surface area contributed by atoms with E-state index in [9.17, 15) is 4.79 Å². The largest absolute Gasteiger partial charge is 0.481 e. The fourth-order valence-corrected chi connectivity index (χ4v) is 1.89. The minimum atomic E-state index is -0.684. The average molecular weight is 195 g/mol. The van der Waals surface area contributed by atoms with Crippen molar-refractivity contribution >= 4 is 5.97 Å². The van der Waals surface area contributed by atoms with Crippen molar-refractivity contribution in [3.8, 4) is 12.3 Å². The third-order valence-electron chi connectivity index (χ3n) is 2.79. The smallest absolute Gasteiger partial charge is 0.303 e. The standard InChI is InChI=1S/C11H17NO2/c1-2-7-12-8-5-10(6-9-12)3-4-11(13)14/h1,10H,3-9H2,(H,13,14). The van der Waals surface area contributed by atoms with Crippen LogP contribution >= 0.6 is 0 Å². The summed E-state index contributed by atoms with van der Waals surface area (Å²) in [5.41, 5.74) is 0. The van der Waals surface area contributed by atoms with Gasteiger partial charge in [-0.05, 0) is 38.3 Å². The molecule has 0 radical (unpaired) electrons. The quantitative estimate of drug-likeness (QED) is 0.685. The van der Waals surface area contributed by atoms with E-state index in [1.165, 1.54) is 0 Å². The predicted molar refractivity (Wildman–Crippen MR) is 54.9 cm³/mol. The van der Waals surface area contributed by atoms with E-state index < -0.39 is 5.97 Å². The van der Waals surface area contributed by atoms with Gasteiger partial charge in [-0.3, -0.25) is 9.69 Å². The molecule has 0 amide bonds. The lowest BCUT2D eigenvalue weighted by Crippen LogP contribution is -2.34. The van der Waals surface area contributed by atoms with Crippen LogP contribution in [0.2, 0.25) is 0 Å². The summed E-state index contributed by atoms with van der Waals surface area (Å²) < 4.78 is 0.